The smallest absolute Gasteiger partial charge is 0.326 e. The highest BCUT2D eigenvalue weighted by Crippen LogP contribution is 2.25. The number of rotatable bonds is 7. The lowest BCUT2D eigenvalue weighted by atomic mass is 10.0. The van der Waals surface area contributed by atoms with Gasteiger partial charge in [0.1, 0.15) is 6.04 Å². The number of carboxylic acid groups (broad SMARTS) is 1. The summed E-state index contributed by atoms with van der Waals surface area (Å²) in [6.45, 7) is 0. The molecular weight excluding hydrogens is 482 g/mol. The summed E-state index contributed by atoms with van der Waals surface area (Å²) in [4.78, 5) is 23.4. The summed E-state index contributed by atoms with van der Waals surface area (Å²) in [6, 6.07) is -4.52. The lowest BCUT2D eigenvalue weighted by Crippen LogP contribution is -2.50. The summed E-state index contributed by atoms with van der Waals surface area (Å²) >= 11 is 0. The summed E-state index contributed by atoms with van der Waals surface area (Å²) in [5.41, 5.74) is 2.18. The molecule has 2 atom stereocenters. The number of hydrogen-bond donors (Lipinski definition) is 3. The molecule has 1 amide bonds. The van der Waals surface area contributed by atoms with Gasteiger partial charge in [0.25, 0.3) is 0 Å². The van der Waals surface area contributed by atoms with Crippen LogP contribution in [0.3, 0.4) is 0 Å². The Morgan fingerprint density at radius 3 is 1.27 bits per heavy atom. The molecule has 2 aromatic carbocycles. The van der Waals surface area contributed by atoms with E-state index in [1.54, 1.807) is 0 Å². The average molecular weight is 492 g/mol. The Morgan fingerprint density at radius 1 is 0.636 bits per heavy atom. The number of nitrogens with one attached hydrogen (secondary N) is 1. The van der Waals surface area contributed by atoms with Crippen LogP contribution >= 0.6 is 0 Å². The third kappa shape index (κ3) is 4.86. The minimum atomic E-state index is -2.52. The Morgan fingerprint density at radius 2 is 0.939 bits per heavy atom. The zero-order valence-corrected chi connectivity index (χ0v) is 15.7. The first-order valence-corrected chi connectivity index (χ1v) is 8.49. The maximum Gasteiger partial charge on any atom is 0.326 e. The van der Waals surface area contributed by atoms with Crippen molar-refractivity contribution >= 4 is 11.9 Å². The molecule has 0 heterocycles. The van der Waals surface area contributed by atoms with Crippen molar-refractivity contribution < 1.29 is 58.6 Å². The zero-order valence-electron chi connectivity index (χ0n) is 15.7. The highest BCUT2D eigenvalue weighted by molar-refractivity contribution is 5.87. The van der Waals surface area contributed by atoms with E-state index in [1.807, 2.05) is 0 Å². The Labute approximate surface area is 176 Å². The molecule has 15 heteroatoms. The third-order valence-corrected chi connectivity index (χ3v) is 4.39. The van der Waals surface area contributed by atoms with Crippen molar-refractivity contribution in [2.24, 2.45) is 5.73 Å². The maximum absolute atomic E-state index is 13.8. The number of aliphatic carboxylic acids is 1. The van der Waals surface area contributed by atoms with Crippen LogP contribution in [0.15, 0.2) is 0 Å². The molecule has 0 aliphatic heterocycles. The largest absolute Gasteiger partial charge is 0.480 e. The minimum absolute atomic E-state index is 1.34. The molecule has 0 aliphatic carbocycles. The second-order valence-electron chi connectivity index (χ2n) is 6.51. The minimum Gasteiger partial charge on any atom is -0.480 e. The van der Waals surface area contributed by atoms with Gasteiger partial charge in [0, 0.05) is 24.0 Å². The second kappa shape index (κ2) is 9.64. The van der Waals surface area contributed by atoms with Gasteiger partial charge in [0.2, 0.25) is 17.5 Å². The van der Waals surface area contributed by atoms with E-state index in [0.717, 1.165) is 0 Å². The quantitative estimate of drug-likeness (QED) is 0.315. The summed E-state index contributed by atoms with van der Waals surface area (Å²) in [7, 11) is 0. The van der Waals surface area contributed by atoms with E-state index in [0.29, 0.717) is 0 Å². The molecule has 5 nitrogen and oxygen atoms in total. The number of benzene rings is 2. The SMILES string of the molecule is N[C@@H](Cc1c(F)c(F)c(F)c(F)c1F)C(=O)N[C@@H](Cc1c(F)c(F)c(F)c(F)c1F)C(=O)O. The molecule has 2 aromatic rings. The Kier molecular flexibility index (Phi) is 7.57. The zero-order chi connectivity index (χ0) is 25.4. The average Bonchev–Trinajstić information content (AvgIpc) is 2.78. The van der Waals surface area contributed by atoms with E-state index in [2.05, 4.69) is 0 Å². The van der Waals surface area contributed by atoms with Crippen molar-refractivity contribution in [2.45, 2.75) is 24.9 Å². The van der Waals surface area contributed by atoms with Gasteiger partial charge >= 0.3 is 5.97 Å². The number of halogens is 10. The van der Waals surface area contributed by atoms with Gasteiger partial charge < -0.3 is 16.2 Å². The van der Waals surface area contributed by atoms with Crippen LogP contribution in [0.25, 0.3) is 0 Å². The van der Waals surface area contributed by atoms with E-state index in [4.69, 9.17) is 10.8 Å². The van der Waals surface area contributed by atoms with Crippen molar-refractivity contribution in [3.63, 3.8) is 0 Å². The fourth-order valence-electron chi connectivity index (χ4n) is 2.65. The van der Waals surface area contributed by atoms with Gasteiger partial charge in [-0.1, -0.05) is 0 Å². The number of carbonyl (C=O) groups excluding carboxylic acids is 1. The van der Waals surface area contributed by atoms with Crippen molar-refractivity contribution in [2.75, 3.05) is 0 Å². The van der Waals surface area contributed by atoms with Gasteiger partial charge in [0.15, 0.2) is 46.5 Å². The molecule has 0 spiro atoms. The predicted octanol–water partition coefficient (Wildman–Crippen LogP) is 2.76. The topological polar surface area (TPSA) is 92.4 Å². The van der Waals surface area contributed by atoms with Crippen LogP contribution in [0, 0.1) is 58.2 Å². The molecule has 0 unspecified atom stereocenters. The monoisotopic (exact) mass is 492 g/mol. The van der Waals surface area contributed by atoms with Gasteiger partial charge in [-0.05, 0) is 0 Å². The predicted molar refractivity (Wildman–Crippen MR) is 87.4 cm³/mol. The molecule has 33 heavy (non-hydrogen) atoms. The van der Waals surface area contributed by atoms with E-state index >= 15 is 0 Å². The Bertz CT molecular complexity index is 1080. The van der Waals surface area contributed by atoms with Crippen LogP contribution in [0.5, 0.6) is 0 Å². The first kappa shape index (κ1) is 25.9. The molecule has 0 fully saturated rings. The van der Waals surface area contributed by atoms with Crippen molar-refractivity contribution in [3.05, 3.63) is 69.3 Å². The summed E-state index contributed by atoms with van der Waals surface area (Å²) in [6.07, 6.45) is -2.82. The van der Waals surface area contributed by atoms with Crippen molar-refractivity contribution in [1.82, 2.24) is 5.32 Å². The Balaban J connectivity index is 2.29. The second-order valence-corrected chi connectivity index (χ2v) is 6.51. The molecule has 2 rings (SSSR count). The Hall–Kier alpha value is -3.36. The van der Waals surface area contributed by atoms with E-state index < -0.39 is 106 Å². The molecule has 180 valence electrons. The standard InChI is InChI=1S/C18H10F10N2O3/c19-7-3(8(20)12(24)15(27)11(7)23)1-5(29)17(31)30-6(18(32)33)2-4-9(21)13(25)16(28)14(26)10(4)22/h5-6H,1-2,29H2,(H,30,31)(H,32,33)/t5-,6-/m0/s1. The molecule has 0 aliphatic rings. The fraction of sp³-hybridized carbons (Fsp3) is 0.222. The first-order valence-electron chi connectivity index (χ1n) is 8.49. The van der Waals surface area contributed by atoms with Gasteiger partial charge in [-0.2, -0.15) is 0 Å². The number of nitrogens with two attached hydrogens (primary N) is 1. The molecule has 0 saturated carbocycles. The lowest BCUT2D eigenvalue weighted by molar-refractivity contribution is -0.142. The first-order chi connectivity index (χ1) is 15.2. The lowest BCUT2D eigenvalue weighted by Gasteiger charge is -2.19. The summed E-state index contributed by atoms with van der Waals surface area (Å²) in [5.74, 6) is -27.5. The van der Waals surface area contributed by atoms with Gasteiger partial charge in [0.05, 0.1) is 6.04 Å². The molecule has 4 N–H and O–H groups in total. The van der Waals surface area contributed by atoms with Crippen LogP contribution in [0.2, 0.25) is 0 Å². The molecule has 0 saturated heterocycles. The number of hydrogen-bond acceptors (Lipinski definition) is 3. The van der Waals surface area contributed by atoms with Gasteiger partial charge in [-0.25, -0.2) is 48.7 Å². The van der Waals surface area contributed by atoms with Crippen molar-refractivity contribution in [3.8, 4) is 0 Å². The fourth-order valence-corrected chi connectivity index (χ4v) is 2.65. The van der Waals surface area contributed by atoms with Gasteiger partial charge in [-0.15, -0.1) is 0 Å². The molecule has 0 bridgehead atoms. The van der Waals surface area contributed by atoms with Crippen molar-refractivity contribution in [1.29, 1.82) is 0 Å². The normalized spacial score (nSPS) is 13.1. The van der Waals surface area contributed by atoms with Crippen LogP contribution in [-0.2, 0) is 22.4 Å². The summed E-state index contributed by atoms with van der Waals surface area (Å²) in [5, 5.41) is 10.6. The number of amides is 1. The van der Waals surface area contributed by atoms with Crippen LogP contribution in [0.4, 0.5) is 43.9 Å². The highest BCUT2D eigenvalue weighted by atomic mass is 19.2. The number of carbonyl (C=O) groups is 2. The van der Waals surface area contributed by atoms with E-state index in [9.17, 15) is 53.5 Å². The van der Waals surface area contributed by atoms with E-state index in [1.165, 1.54) is 5.32 Å². The molecule has 0 aromatic heterocycles. The third-order valence-electron chi connectivity index (χ3n) is 4.39. The van der Waals surface area contributed by atoms with Crippen LogP contribution in [-0.4, -0.2) is 29.1 Å². The maximum atomic E-state index is 13.8. The van der Waals surface area contributed by atoms with Crippen LogP contribution in [0.1, 0.15) is 11.1 Å². The molecule has 0 radical (unpaired) electrons. The van der Waals surface area contributed by atoms with Gasteiger partial charge in [-0.3, -0.25) is 4.79 Å². The van der Waals surface area contributed by atoms with Crippen LogP contribution < -0.4 is 11.1 Å². The summed E-state index contributed by atoms with van der Waals surface area (Å²) < 4.78 is 134. The highest BCUT2D eigenvalue weighted by Gasteiger charge is 2.32. The van der Waals surface area contributed by atoms with E-state index in [-0.39, 0.29) is 0 Å². The molecular formula is C18H10F10N2O3. The number of carboxylic acids is 1.